The number of nitrogens with zero attached hydrogens (tertiary/aromatic N) is 1. The minimum atomic E-state index is -3.97. The number of benzene rings is 2. The van der Waals surface area contributed by atoms with Gasteiger partial charge >= 0.3 is 11.9 Å². The van der Waals surface area contributed by atoms with Gasteiger partial charge in [-0.2, -0.15) is 0 Å². The fourth-order valence-electron chi connectivity index (χ4n) is 5.91. The van der Waals surface area contributed by atoms with Crippen LogP contribution >= 0.6 is 0 Å². The number of hydrogen-bond donors (Lipinski definition) is 5. The Kier molecular flexibility index (Phi) is 19.7. The number of carboxylic acid groups (broad SMARTS) is 2. The van der Waals surface area contributed by atoms with Crippen molar-refractivity contribution in [3.8, 4) is 5.75 Å². The van der Waals surface area contributed by atoms with Gasteiger partial charge in [0.05, 0.1) is 62.1 Å². The van der Waals surface area contributed by atoms with Gasteiger partial charge in [-0.15, -0.1) is 0 Å². The van der Waals surface area contributed by atoms with E-state index in [0.29, 0.717) is 25.2 Å². The summed E-state index contributed by atoms with van der Waals surface area (Å²) in [6.07, 6.45) is 3.20. The van der Waals surface area contributed by atoms with E-state index in [0.717, 1.165) is 17.5 Å². The number of anilines is 1. The molecule has 2 amide bonds. The summed E-state index contributed by atoms with van der Waals surface area (Å²) < 4.78 is 54.9. The van der Waals surface area contributed by atoms with Crippen LogP contribution < -0.4 is 20.1 Å². The largest absolute Gasteiger partial charge is 0.493 e. The van der Waals surface area contributed by atoms with Crippen LogP contribution in [0.25, 0.3) is 0 Å². The number of aromatic nitrogens is 1. The summed E-state index contributed by atoms with van der Waals surface area (Å²) in [6, 6.07) is 17.0. The number of pyridine rings is 1. The molecule has 0 aliphatic rings. The van der Waals surface area contributed by atoms with Crippen LogP contribution in [0.3, 0.4) is 0 Å². The second kappa shape index (κ2) is 24.1. The van der Waals surface area contributed by atoms with E-state index in [1.165, 1.54) is 30.5 Å². The summed E-state index contributed by atoms with van der Waals surface area (Å²) in [7, 11) is -3.97. The van der Waals surface area contributed by atoms with Crippen molar-refractivity contribution in [3.63, 3.8) is 0 Å². The topological polar surface area (TPSA) is 238 Å². The Bertz CT molecular complexity index is 1890. The lowest BCUT2D eigenvalue weighted by molar-refractivity contribution is -0.148. The number of rotatable bonds is 29. The lowest BCUT2D eigenvalue weighted by Crippen LogP contribution is -2.31. The van der Waals surface area contributed by atoms with Crippen molar-refractivity contribution in [2.75, 3.05) is 77.3 Å². The summed E-state index contributed by atoms with van der Waals surface area (Å²) in [4.78, 5) is 50.2. The van der Waals surface area contributed by atoms with Gasteiger partial charge in [0.25, 0.3) is 15.9 Å². The number of carbonyl (C=O) groups is 4. The zero-order chi connectivity index (χ0) is 43.3. The van der Waals surface area contributed by atoms with Crippen LogP contribution in [0.2, 0.25) is 0 Å². The maximum Gasteiger partial charge on any atom is 0.329 e. The number of nitrogens with one attached hydrogen (secondary N) is 3. The van der Waals surface area contributed by atoms with Crippen molar-refractivity contribution in [1.82, 2.24) is 15.6 Å². The van der Waals surface area contributed by atoms with Gasteiger partial charge in [0.15, 0.2) is 0 Å². The molecule has 1 aromatic heterocycles. The highest BCUT2D eigenvalue weighted by Crippen LogP contribution is 2.36. The first kappa shape index (κ1) is 48.2. The van der Waals surface area contributed by atoms with Crippen molar-refractivity contribution < 1.29 is 61.5 Å². The van der Waals surface area contributed by atoms with Crippen LogP contribution in [0.1, 0.15) is 55.6 Å². The molecular formula is C41H56N4O13S. The van der Waals surface area contributed by atoms with E-state index in [2.05, 4.69) is 46.3 Å². The number of ether oxygens (including phenoxy) is 5. The summed E-state index contributed by atoms with van der Waals surface area (Å²) in [6.45, 7) is 9.08. The minimum absolute atomic E-state index is 0.00783. The van der Waals surface area contributed by atoms with Gasteiger partial charge in [-0.05, 0) is 79.6 Å². The average Bonchev–Trinajstić information content (AvgIpc) is 3.17. The molecule has 0 bridgehead atoms. The van der Waals surface area contributed by atoms with Crippen LogP contribution in [-0.4, -0.2) is 120 Å². The monoisotopic (exact) mass is 844 g/mol. The second-order valence-corrected chi connectivity index (χ2v) is 16.6. The van der Waals surface area contributed by atoms with Gasteiger partial charge in [0.1, 0.15) is 24.8 Å². The Morgan fingerprint density at radius 3 is 1.88 bits per heavy atom. The van der Waals surface area contributed by atoms with Crippen molar-refractivity contribution in [2.24, 2.45) is 10.8 Å². The second-order valence-electron chi connectivity index (χ2n) is 15.0. The van der Waals surface area contributed by atoms with Gasteiger partial charge in [0, 0.05) is 25.7 Å². The molecule has 18 heteroatoms. The van der Waals surface area contributed by atoms with Crippen LogP contribution in [0.15, 0.2) is 71.8 Å². The van der Waals surface area contributed by atoms with Crippen molar-refractivity contribution in [3.05, 3.63) is 83.6 Å². The molecule has 0 saturated carbocycles. The standard InChI is InChI=1S/C41H56N4O13S/c1-40(2,29-41(3,4)39(50)51)25-31-7-5-30(6-8-31)15-18-58-33-10-12-34(13-11-33)59(52,53)45-35-14-9-32(26-44-35)38(49)43-17-20-55-21-23-56-27-36(46)42-16-19-54-22-24-57-28-37(47)48/h5-14,26H,15-25,27-29H2,1-4H3,(H,42,46)(H,43,49)(H,44,45)(H,47,48)(H,50,51). The third-order valence-electron chi connectivity index (χ3n) is 8.57. The Hall–Kier alpha value is -5.14. The van der Waals surface area contributed by atoms with Crippen LogP contribution in [0.5, 0.6) is 5.75 Å². The van der Waals surface area contributed by atoms with Crippen LogP contribution in [0, 0.1) is 10.8 Å². The van der Waals surface area contributed by atoms with E-state index in [1.54, 1.807) is 26.0 Å². The van der Waals surface area contributed by atoms with E-state index < -0.39 is 39.9 Å². The van der Waals surface area contributed by atoms with E-state index in [1.807, 2.05) is 12.1 Å². The molecule has 0 saturated heterocycles. The molecule has 3 rings (SSSR count). The van der Waals surface area contributed by atoms with Crippen molar-refractivity contribution in [1.29, 1.82) is 0 Å². The number of amides is 2. The lowest BCUT2D eigenvalue weighted by Gasteiger charge is -2.32. The number of aliphatic carboxylic acids is 2. The molecule has 1 heterocycles. The van der Waals surface area contributed by atoms with Crippen molar-refractivity contribution in [2.45, 2.75) is 51.9 Å². The predicted molar refractivity (Wildman–Crippen MR) is 217 cm³/mol. The Labute approximate surface area is 345 Å². The molecule has 2 aromatic carbocycles. The normalized spacial score (nSPS) is 11.8. The quantitative estimate of drug-likeness (QED) is 0.0629. The number of carboxylic acids is 2. The van der Waals surface area contributed by atoms with E-state index in [9.17, 15) is 32.7 Å². The molecule has 59 heavy (non-hydrogen) atoms. The minimum Gasteiger partial charge on any atom is -0.493 e. The van der Waals surface area contributed by atoms with Crippen LogP contribution in [0.4, 0.5) is 5.82 Å². The zero-order valence-corrected chi connectivity index (χ0v) is 34.8. The molecule has 0 fully saturated rings. The van der Waals surface area contributed by atoms with E-state index >= 15 is 0 Å². The molecule has 3 aromatic rings. The molecule has 0 unspecified atom stereocenters. The third-order valence-corrected chi connectivity index (χ3v) is 9.94. The number of hydrogen-bond acceptors (Lipinski definition) is 12. The fraction of sp³-hybridized carbons (Fsp3) is 0.488. The van der Waals surface area contributed by atoms with Gasteiger partial charge in [0.2, 0.25) is 5.91 Å². The summed E-state index contributed by atoms with van der Waals surface area (Å²) in [5.41, 5.74) is 1.44. The molecule has 0 aliphatic carbocycles. The van der Waals surface area contributed by atoms with Gasteiger partial charge in [-0.25, -0.2) is 18.2 Å². The summed E-state index contributed by atoms with van der Waals surface area (Å²) in [5.74, 6) is -2.07. The summed E-state index contributed by atoms with van der Waals surface area (Å²) >= 11 is 0. The molecular weight excluding hydrogens is 789 g/mol. The van der Waals surface area contributed by atoms with Gasteiger partial charge in [-0.3, -0.25) is 19.1 Å². The highest BCUT2D eigenvalue weighted by Gasteiger charge is 2.34. The molecule has 0 radical (unpaired) electrons. The van der Waals surface area contributed by atoms with Gasteiger partial charge < -0.3 is 44.5 Å². The molecule has 0 atom stereocenters. The average molecular weight is 845 g/mol. The molecule has 0 spiro atoms. The molecule has 0 aliphatic heterocycles. The maximum absolute atomic E-state index is 13.0. The highest BCUT2D eigenvalue weighted by molar-refractivity contribution is 7.92. The highest BCUT2D eigenvalue weighted by atomic mass is 32.2. The lowest BCUT2D eigenvalue weighted by atomic mass is 9.72. The number of sulfonamides is 1. The maximum atomic E-state index is 13.0. The molecule has 17 nitrogen and oxygen atoms in total. The smallest absolute Gasteiger partial charge is 0.329 e. The van der Waals surface area contributed by atoms with E-state index in [4.69, 9.17) is 28.8 Å². The first-order valence-electron chi connectivity index (χ1n) is 19.1. The molecule has 5 N–H and O–H groups in total. The van der Waals surface area contributed by atoms with E-state index in [-0.39, 0.29) is 86.9 Å². The fourth-order valence-corrected chi connectivity index (χ4v) is 6.92. The third kappa shape index (κ3) is 19.0. The predicted octanol–water partition coefficient (Wildman–Crippen LogP) is 3.57. The first-order valence-corrected chi connectivity index (χ1v) is 20.5. The molecule has 324 valence electrons. The zero-order valence-electron chi connectivity index (χ0n) is 34.0. The summed E-state index contributed by atoms with van der Waals surface area (Å²) in [5, 5.41) is 23.3. The van der Waals surface area contributed by atoms with Crippen molar-refractivity contribution >= 4 is 39.6 Å². The van der Waals surface area contributed by atoms with Crippen LogP contribution in [-0.2, 0) is 56.2 Å². The number of carbonyl (C=O) groups excluding carboxylic acids is 2. The Balaban J connectivity index is 1.29. The SMILES string of the molecule is CC(C)(Cc1ccc(CCOc2ccc(S(=O)(=O)Nc3ccc(C(=O)NCCOCCOCC(=O)NCCOCCOCC(=O)O)cn3)cc2)cc1)CC(C)(C)C(=O)O. The Morgan fingerprint density at radius 2 is 1.29 bits per heavy atom. The van der Waals surface area contributed by atoms with Gasteiger partial charge in [-0.1, -0.05) is 38.1 Å². The first-order chi connectivity index (χ1) is 28.0. The Morgan fingerprint density at radius 1 is 0.695 bits per heavy atom.